The lowest BCUT2D eigenvalue weighted by Gasteiger charge is -2.15. The molecule has 2 heterocycles. The minimum atomic E-state index is -3.52. The van der Waals surface area contributed by atoms with Crippen molar-refractivity contribution in [3.63, 3.8) is 0 Å². The summed E-state index contributed by atoms with van der Waals surface area (Å²) in [7, 11) is -3.52. The Morgan fingerprint density at radius 1 is 1.07 bits per heavy atom. The molecule has 10 heteroatoms. The molecule has 0 N–H and O–H groups in total. The molecule has 0 aliphatic carbocycles. The second-order valence-corrected chi connectivity index (χ2v) is 9.10. The van der Waals surface area contributed by atoms with Crippen molar-refractivity contribution in [2.24, 2.45) is 0 Å². The molecule has 0 radical (unpaired) electrons. The van der Waals surface area contributed by atoms with Gasteiger partial charge in [-0.2, -0.15) is 9.29 Å². The van der Waals surface area contributed by atoms with Gasteiger partial charge in [0, 0.05) is 23.7 Å². The van der Waals surface area contributed by atoms with Crippen LogP contribution in [0, 0.1) is 0 Å². The first-order valence-electron chi connectivity index (χ1n) is 9.29. The predicted molar refractivity (Wildman–Crippen MR) is 108 cm³/mol. The Bertz CT molecular complexity index is 1140. The summed E-state index contributed by atoms with van der Waals surface area (Å²) in [5, 5.41) is 4.44. The summed E-state index contributed by atoms with van der Waals surface area (Å²) in [5.41, 5.74) is 0.948. The number of carbonyl (C=O) groups is 1. The van der Waals surface area contributed by atoms with Crippen LogP contribution in [0.2, 0.25) is 5.02 Å². The molecular formula is C20H18ClN3O5S. The second kappa shape index (κ2) is 8.55. The Morgan fingerprint density at radius 2 is 1.73 bits per heavy atom. The molecule has 1 fully saturated rings. The fourth-order valence-corrected chi connectivity index (χ4v) is 4.72. The summed E-state index contributed by atoms with van der Waals surface area (Å²) in [6.07, 6.45) is 1.72. The van der Waals surface area contributed by atoms with Gasteiger partial charge in [0.05, 0.1) is 10.5 Å². The quantitative estimate of drug-likeness (QED) is 0.532. The van der Waals surface area contributed by atoms with Crippen LogP contribution in [0.15, 0.2) is 57.9 Å². The van der Waals surface area contributed by atoms with Gasteiger partial charge in [-0.3, -0.25) is 0 Å². The van der Waals surface area contributed by atoms with E-state index in [1.54, 1.807) is 24.3 Å². The number of halogens is 1. The van der Waals surface area contributed by atoms with Crippen molar-refractivity contribution in [1.82, 2.24) is 14.4 Å². The number of hydrogen-bond acceptors (Lipinski definition) is 7. The number of carbonyl (C=O) groups excluding carboxylic acids is 1. The number of ether oxygens (including phenoxy) is 1. The zero-order valence-corrected chi connectivity index (χ0v) is 17.4. The van der Waals surface area contributed by atoms with Gasteiger partial charge in [-0.15, -0.1) is 0 Å². The molecule has 0 saturated carbocycles. The van der Waals surface area contributed by atoms with E-state index in [0.717, 1.165) is 18.4 Å². The Kier molecular flexibility index (Phi) is 5.85. The van der Waals surface area contributed by atoms with Crippen LogP contribution in [-0.4, -0.2) is 41.9 Å². The summed E-state index contributed by atoms with van der Waals surface area (Å²) in [6.45, 7) is 0.843. The van der Waals surface area contributed by atoms with E-state index in [4.69, 9.17) is 20.9 Å². The third-order valence-corrected chi connectivity index (χ3v) is 6.85. The molecule has 0 amide bonds. The van der Waals surface area contributed by atoms with Crippen LogP contribution in [0.4, 0.5) is 0 Å². The highest BCUT2D eigenvalue weighted by molar-refractivity contribution is 7.89. The fraction of sp³-hybridized carbons (Fsp3) is 0.250. The molecule has 2 aromatic carbocycles. The van der Waals surface area contributed by atoms with E-state index in [0.29, 0.717) is 23.9 Å². The Balaban J connectivity index is 1.38. The molecule has 1 aliphatic rings. The van der Waals surface area contributed by atoms with Crippen molar-refractivity contribution in [2.75, 3.05) is 13.1 Å². The maximum Gasteiger partial charge on any atom is 0.338 e. The van der Waals surface area contributed by atoms with Crippen molar-refractivity contribution in [2.45, 2.75) is 24.3 Å². The van der Waals surface area contributed by atoms with E-state index >= 15 is 0 Å². The predicted octanol–water partition coefficient (Wildman–Crippen LogP) is 3.53. The molecule has 1 aliphatic heterocycles. The van der Waals surface area contributed by atoms with Crippen LogP contribution in [-0.2, 0) is 21.4 Å². The van der Waals surface area contributed by atoms with E-state index in [-0.39, 0.29) is 23.0 Å². The average Bonchev–Trinajstić information content (AvgIpc) is 3.45. The van der Waals surface area contributed by atoms with Gasteiger partial charge in [0.25, 0.3) is 5.89 Å². The van der Waals surface area contributed by atoms with Crippen LogP contribution in [0.5, 0.6) is 0 Å². The van der Waals surface area contributed by atoms with Crippen molar-refractivity contribution >= 4 is 27.6 Å². The smallest absolute Gasteiger partial charge is 0.338 e. The third kappa shape index (κ3) is 4.38. The first-order chi connectivity index (χ1) is 14.4. The Morgan fingerprint density at radius 3 is 2.40 bits per heavy atom. The second-order valence-electron chi connectivity index (χ2n) is 6.73. The van der Waals surface area contributed by atoms with Crippen LogP contribution >= 0.6 is 11.6 Å². The summed E-state index contributed by atoms with van der Waals surface area (Å²) in [4.78, 5) is 16.6. The lowest BCUT2D eigenvalue weighted by atomic mass is 10.2. The van der Waals surface area contributed by atoms with Crippen LogP contribution in [0.25, 0.3) is 11.4 Å². The normalized spacial score (nSPS) is 14.7. The molecule has 4 rings (SSSR count). The zero-order valence-electron chi connectivity index (χ0n) is 15.8. The summed E-state index contributed by atoms with van der Waals surface area (Å²) in [6, 6.07) is 12.6. The molecule has 0 atom stereocenters. The zero-order chi connectivity index (χ0) is 21.1. The number of benzene rings is 2. The third-order valence-electron chi connectivity index (χ3n) is 4.69. The number of hydrogen-bond donors (Lipinski definition) is 0. The highest BCUT2D eigenvalue weighted by Crippen LogP contribution is 2.22. The summed E-state index contributed by atoms with van der Waals surface area (Å²) < 4.78 is 36.8. The SMILES string of the molecule is O=C(OCc1nc(-c2ccc(Cl)cc2)no1)c1ccc(S(=O)(=O)N2CCCC2)cc1. The van der Waals surface area contributed by atoms with Crippen molar-refractivity contribution in [3.05, 3.63) is 65.0 Å². The molecule has 0 unspecified atom stereocenters. The topological polar surface area (TPSA) is 103 Å². The maximum absolute atomic E-state index is 12.5. The Hall–Kier alpha value is -2.75. The van der Waals surface area contributed by atoms with Gasteiger partial charge < -0.3 is 9.26 Å². The number of nitrogens with zero attached hydrogens (tertiary/aromatic N) is 3. The number of aromatic nitrogens is 2. The molecule has 0 spiro atoms. The fourth-order valence-electron chi connectivity index (χ4n) is 3.08. The minimum Gasteiger partial charge on any atom is -0.452 e. The molecule has 1 aromatic heterocycles. The van der Waals surface area contributed by atoms with E-state index in [2.05, 4.69) is 10.1 Å². The molecule has 8 nitrogen and oxygen atoms in total. The van der Waals surface area contributed by atoms with Crippen LogP contribution in [0.1, 0.15) is 29.1 Å². The molecule has 0 bridgehead atoms. The van der Waals surface area contributed by atoms with Crippen molar-refractivity contribution < 1.29 is 22.5 Å². The van der Waals surface area contributed by atoms with Gasteiger partial charge in [0.2, 0.25) is 15.8 Å². The monoisotopic (exact) mass is 447 g/mol. The lowest BCUT2D eigenvalue weighted by Crippen LogP contribution is -2.27. The molecule has 30 heavy (non-hydrogen) atoms. The highest BCUT2D eigenvalue weighted by Gasteiger charge is 2.27. The number of esters is 1. The molecular weight excluding hydrogens is 430 g/mol. The van der Waals surface area contributed by atoms with E-state index in [9.17, 15) is 13.2 Å². The summed E-state index contributed by atoms with van der Waals surface area (Å²) >= 11 is 5.86. The van der Waals surface area contributed by atoms with Crippen LogP contribution in [0.3, 0.4) is 0 Å². The van der Waals surface area contributed by atoms with Gasteiger partial charge in [-0.05, 0) is 61.4 Å². The van der Waals surface area contributed by atoms with Crippen LogP contribution < -0.4 is 0 Å². The molecule has 1 saturated heterocycles. The first-order valence-corrected chi connectivity index (χ1v) is 11.1. The molecule has 156 valence electrons. The van der Waals surface area contributed by atoms with E-state index < -0.39 is 16.0 Å². The highest BCUT2D eigenvalue weighted by atomic mass is 35.5. The van der Waals surface area contributed by atoms with Crippen molar-refractivity contribution in [3.8, 4) is 11.4 Å². The van der Waals surface area contributed by atoms with Gasteiger partial charge in [-0.1, -0.05) is 16.8 Å². The van der Waals surface area contributed by atoms with Crippen molar-refractivity contribution in [1.29, 1.82) is 0 Å². The lowest BCUT2D eigenvalue weighted by molar-refractivity contribution is 0.0429. The average molecular weight is 448 g/mol. The minimum absolute atomic E-state index is 0.140. The summed E-state index contributed by atoms with van der Waals surface area (Å²) in [5.74, 6) is -0.123. The standard InChI is InChI=1S/C20H18ClN3O5S/c21-16-7-3-14(4-8-16)19-22-18(29-23-19)13-28-20(25)15-5-9-17(10-6-15)30(26,27)24-11-1-2-12-24/h3-10H,1-2,11-13H2. The largest absolute Gasteiger partial charge is 0.452 e. The maximum atomic E-state index is 12.5. The van der Waals surface area contributed by atoms with Gasteiger partial charge >= 0.3 is 5.97 Å². The van der Waals surface area contributed by atoms with Gasteiger partial charge in [0.1, 0.15) is 0 Å². The Labute approximate surface area is 178 Å². The van der Waals surface area contributed by atoms with E-state index in [1.807, 2.05) is 0 Å². The number of rotatable bonds is 6. The van der Waals surface area contributed by atoms with E-state index in [1.165, 1.54) is 28.6 Å². The molecule has 3 aromatic rings. The van der Waals surface area contributed by atoms with Gasteiger partial charge in [-0.25, -0.2) is 13.2 Å². The number of sulfonamides is 1. The van der Waals surface area contributed by atoms with Gasteiger partial charge in [0.15, 0.2) is 6.61 Å². The first kappa shape index (κ1) is 20.5.